The van der Waals surface area contributed by atoms with E-state index in [0.717, 1.165) is 25.7 Å². The third-order valence-corrected chi connectivity index (χ3v) is 3.99. The Hall–Kier alpha value is -0.420. The molecule has 7 heteroatoms. The molecule has 0 bridgehead atoms. The first kappa shape index (κ1) is 17.6. The lowest BCUT2D eigenvalue weighted by molar-refractivity contribution is -0.138. The van der Waals surface area contributed by atoms with Crippen molar-refractivity contribution in [2.45, 2.75) is 52.5 Å². The molecule has 0 saturated heterocycles. The second-order valence-corrected chi connectivity index (χ2v) is 5.83. The lowest BCUT2D eigenvalue weighted by Gasteiger charge is -2.21. The smallest absolute Gasteiger partial charge is 0.406 e. The monoisotopic (exact) mass is 281 g/mol. The van der Waals surface area contributed by atoms with Gasteiger partial charge in [0.2, 0.25) is 0 Å². The van der Waals surface area contributed by atoms with E-state index in [1.54, 1.807) is 0 Å². The number of carboxylic acids is 1. The molecule has 0 rings (SSSR count). The molecule has 2 N–H and O–H groups in total. The van der Waals surface area contributed by atoms with E-state index >= 15 is 0 Å². The van der Waals surface area contributed by atoms with Crippen LogP contribution in [-0.2, 0) is 18.4 Å². The van der Waals surface area contributed by atoms with E-state index in [2.05, 4.69) is 5.09 Å². The normalized spacial score (nSPS) is 13.5. The average molecular weight is 281 g/mol. The minimum absolute atomic E-state index is 0.291. The highest BCUT2D eigenvalue weighted by atomic mass is 31.2. The lowest BCUT2D eigenvalue weighted by atomic mass is 10.4. The van der Waals surface area contributed by atoms with Gasteiger partial charge < -0.3 is 5.11 Å². The van der Waals surface area contributed by atoms with Gasteiger partial charge in [0.05, 0.1) is 13.2 Å². The predicted molar refractivity (Wildman–Crippen MR) is 69.6 cm³/mol. The second-order valence-electron chi connectivity index (χ2n) is 4.06. The van der Waals surface area contributed by atoms with Crippen LogP contribution in [0.4, 0.5) is 0 Å². The van der Waals surface area contributed by atoms with Crippen LogP contribution in [0.5, 0.6) is 0 Å². The zero-order valence-electron chi connectivity index (χ0n) is 11.3. The maximum Gasteiger partial charge on any atom is 0.406 e. The summed E-state index contributed by atoms with van der Waals surface area (Å²) in [5.74, 6) is -1.09. The third-order valence-electron chi connectivity index (χ3n) is 2.24. The van der Waals surface area contributed by atoms with Crippen LogP contribution in [-0.4, -0.2) is 30.3 Å². The maximum atomic E-state index is 12.3. The molecule has 0 aromatic carbocycles. The van der Waals surface area contributed by atoms with Gasteiger partial charge in [-0.05, 0) is 19.8 Å². The predicted octanol–water partition coefficient (Wildman–Crippen LogP) is 2.79. The van der Waals surface area contributed by atoms with E-state index in [9.17, 15) is 9.36 Å². The number of unbranched alkanes of at least 4 members (excludes halogenated alkanes) is 2. The van der Waals surface area contributed by atoms with Gasteiger partial charge in [0, 0.05) is 0 Å². The highest BCUT2D eigenvalue weighted by molar-refractivity contribution is 7.51. The Morgan fingerprint density at radius 1 is 1.22 bits per heavy atom. The maximum absolute atomic E-state index is 12.3. The standard InChI is InChI=1S/C11H24NO5P/c1-4-6-8-16-18(15,17-9-7-5-2)12-10(3)11(13)14/h10H,4-9H2,1-3H3,(H,12,15)(H,13,14)/t10-/m0/s1. The Balaban J connectivity index is 4.38. The van der Waals surface area contributed by atoms with Gasteiger partial charge in [-0.25, -0.2) is 9.65 Å². The Morgan fingerprint density at radius 2 is 1.67 bits per heavy atom. The Labute approximate surface area is 109 Å². The van der Waals surface area contributed by atoms with Crippen molar-refractivity contribution in [2.24, 2.45) is 0 Å². The number of carboxylic acid groups (broad SMARTS) is 1. The molecule has 0 aliphatic carbocycles. The number of hydrogen-bond acceptors (Lipinski definition) is 4. The summed E-state index contributed by atoms with van der Waals surface area (Å²) >= 11 is 0. The summed E-state index contributed by atoms with van der Waals surface area (Å²) in [5, 5.41) is 11.2. The lowest BCUT2D eigenvalue weighted by Crippen LogP contribution is -2.32. The quantitative estimate of drug-likeness (QED) is 0.447. The van der Waals surface area contributed by atoms with Crippen LogP contribution in [0.15, 0.2) is 0 Å². The van der Waals surface area contributed by atoms with Gasteiger partial charge in [0.25, 0.3) is 0 Å². The summed E-state index contributed by atoms with van der Waals surface area (Å²) in [6, 6.07) is -0.973. The second kappa shape index (κ2) is 9.50. The SMILES string of the molecule is CCCCOP(=O)(N[C@@H](C)C(=O)O)OCCCC. The van der Waals surface area contributed by atoms with E-state index in [1.807, 2.05) is 13.8 Å². The van der Waals surface area contributed by atoms with Crippen molar-refractivity contribution >= 4 is 13.7 Å². The summed E-state index contributed by atoms with van der Waals surface area (Å²) < 4.78 is 22.7. The van der Waals surface area contributed by atoms with E-state index < -0.39 is 19.8 Å². The molecular formula is C11H24NO5P. The van der Waals surface area contributed by atoms with Crippen LogP contribution < -0.4 is 5.09 Å². The molecule has 0 spiro atoms. The van der Waals surface area contributed by atoms with Gasteiger partial charge in [-0.15, -0.1) is 0 Å². The first-order valence-corrected chi connectivity index (χ1v) is 7.89. The molecule has 1 atom stereocenters. The van der Waals surface area contributed by atoms with Gasteiger partial charge in [-0.1, -0.05) is 26.7 Å². The Bertz CT molecular complexity index is 271. The number of aliphatic carboxylic acids is 1. The molecule has 0 amide bonds. The summed E-state index contributed by atoms with van der Waals surface area (Å²) in [7, 11) is -3.52. The molecule has 6 nitrogen and oxygen atoms in total. The van der Waals surface area contributed by atoms with Gasteiger partial charge in [-0.3, -0.25) is 13.8 Å². The highest BCUT2D eigenvalue weighted by Crippen LogP contribution is 2.44. The molecule has 18 heavy (non-hydrogen) atoms. The van der Waals surface area contributed by atoms with Gasteiger partial charge in [-0.2, -0.15) is 0 Å². The van der Waals surface area contributed by atoms with Gasteiger partial charge in [0.15, 0.2) is 0 Å². The number of rotatable bonds is 11. The zero-order chi connectivity index (χ0) is 14.0. The molecule has 108 valence electrons. The van der Waals surface area contributed by atoms with Gasteiger partial charge >= 0.3 is 13.7 Å². The number of nitrogens with one attached hydrogen (secondary N) is 1. The first-order valence-electron chi connectivity index (χ1n) is 6.35. The zero-order valence-corrected chi connectivity index (χ0v) is 12.2. The molecular weight excluding hydrogens is 257 g/mol. The van der Waals surface area contributed by atoms with Crippen LogP contribution >= 0.6 is 7.75 Å². The summed E-state index contributed by atoms with van der Waals surface area (Å²) in [4.78, 5) is 10.7. The van der Waals surface area contributed by atoms with Crippen LogP contribution in [0.3, 0.4) is 0 Å². The molecule has 0 saturated carbocycles. The van der Waals surface area contributed by atoms with Crippen LogP contribution in [0.25, 0.3) is 0 Å². The Kier molecular flexibility index (Phi) is 9.28. The first-order chi connectivity index (χ1) is 8.45. The molecule has 0 fully saturated rings. The van der Waals surface area contributed by atoms with Crippen molar-refractivity contribution in [3.63, 3.8) is 0 Å². The molecule has 0 aromatic rings. The topological polar surface area (TPSA) is 84.9 Å². The minimum Gasteiger partial charge on any atom is -0.480 e. The van der Waals surface area contributed by atoms with Crippen molar-refractivity contribution in [1.29, 1.82) is 0 Å². The number of carbonyl (C=O) groups is 1. The molecule has 0 unspecified atom stereocenters. The number of hydrogen-bond donors (Lipinski definition) is 2. The highest BCUT2D eigenvalue weighted by Gasteiger charge is 2.29. The van der Waals surface area contributed by atoms with Crippen LogP contribution in [0, 0.1) is 0 Å². The summed E-state index contributed by atoms with van der Waals surface area (Å²) in [5.41, 5.74) is 0. The van der Waals surface area contributed by atoms with Crippen molar-refractivity contribution < 1.29 is 23.5 Å². The molecule has 0 radical (unpaired) electrons. The third kappa shape index (κ3) is 7.82. The van der Waals surface area contributed by atoms with Crippen LogP contribution in [0.1, 0.15) is 46.5 Å². The van der Waals surface area contributed by atoms with Crippen molar-refractivity contribution in [3.8, 4) is 0 Å². The van der Waals surface area contributed by atoms with E-state index in [0.29, 0.717) is 13.2 Å². The molecule has 0 aromatic heterocycles. The largest absolute Gasteiger partial charge is 0.480 e. The molecule has 0 aliphatic heterocycles. The average Bonchev–Trinajstić information content (AvgIpc) is 2.29. The minimum atomic E-state index is -3.52. The Morgan fingerprint density at radius 3 is 2.00 bits per heavy atom. The van der Waals surface area contributed by atoms with Crippen molar-refractivity contribution in [3.05, 3.63) is 0 Å². The van der Waals surface area contributed by atoms with E-state index in [4.69, 9.17) is 14.2 Å². The van der Waals surface area contributed by atoms with Crippen LogP contribution in [0.2, 0.25) is 0 Å². The summed E-state index contributed by atoms with van der Waals surface area (Å²) in [6.45, 7) is 5.96. The fourth-order valence-corrected chi connectivity index (χ4v) is 2.61. The van der Waals surface area contributed by atoms with E-state index in [-0.39, 0.29) is 0 Å². The van der Waals surface area contributed by atoms with Gasteiger partial charge in [0.1, 0.15) is 6.04 Å². The summed E-state index contributed by atoms with van der Waals surface area (Å²) in [6.07, 6.45) is 3.32. The fraction of sp³-hybridized carbons (Fsp3) is 0.909. The van der Waals surface area contributed by atoms with Crippen molar-refractivity contribution in [2.75, 3.05) is 13.2 Å². The molecule has 0 heterocycles. The van der Waals surface area contributed by atoms with Crippen molar-refractivity contribution in [1.82, 2.24) is 5.09 Å². The molecule has 0 aliphatic rings. The fourth-order valence-electron chi connectivity index (χ4n) is 1.06. The van der Waals surface area contributed by atoms with E-state index in [1.165, 1.54) is 6.92 Å².